The van der Waals surface area contributed by atoms with Crippen molar-refractivity contribution in [1.82, 2.24) is 14.8 Å². The largest absolute Gasteiger partial charge is 0.484 e. The highest BCUT2D eigenvalue weighted by Gasteiger charge is 2.32. The number of thioether (sulfide) groups is 1. The monoisotopic (exact) mass is 377 g/mol. The van der Waals surface area contributed by atoms with Crippen LogP contribution in [0.25, 0.3) is 0 Å². The number of nitrogens with zero attached hydrogens (tertiary/aromatic N) is 3. The maximum atomic E-state index is 12.1. The van der Waals surface area contributed by atoms with Gasteiger partial charge in [0.25, 0.3) is 0 Å². The third-order valence-electron chi connectivity index (χ3n) is 4.59. The Labute approximate surface area is 156 Å². The molecule has 2 aliphatic rings. The fraction of sp³-hybridized carbons (Fsp3) is 0.500. The van der Waals surface area contributed by atoms with E-state index in [0.717, 1.165) is 43.1 Å². The third kappa shape index (κ3) is 3.85. The zero-order valence-electron chi connectivity index (χ0n) is 13.9. The summed E-state index contributed by atoms with van der Waals surface area (Å²) in [5.41, 5.74) is 0. The van der Waals surface area contributed by atoms with E-state index in [1.807, 2.05) is 18.2 Å². The zero-order chi connectivity index (χ0) is 17.2. The Morgan fingerprint density at radius 2 is 2.04 bits per heavy atom. The molecule has 0 bridgehead atoms. The lowest BCUT2D eigenvalue weighted by atomic mass is 9.99. The van der Waals surface area contributed by atoms with Crippen LogP contribution in [0.5, 0.6) is 5.75 Å². The minimum Gasteiger partial charge on any atom is -0.484 e. The average Bonchev–Trinajstić information content (AvgIpc) is 3.38. The number of ether oxygens (including phenoxy) is 1. The van der Waals surface area contributed by atoms with E-state index >= 15 is 0 Å². The molecule has 0 spiro atoms. The van der Waals surface area contributed by atoms with Crippen LogP contribution in [0.3, 0.4) is 0 Å². The fourth-order valence-corrected chi connectivity index (χ4v) is 4.53. The summed E-state index contributed by atoms with van der Waals surface area (Å²) < 4.78 is 7.99. The smallest absolute Gasteiger partial charge is 0.192 e. The van der Waals surface area contributed by atoms with Gasteiger partial charge in [0.1, 0.15) is 18.1 Å². The molecule has 0 saturated heterocycles. The van der Waals surface area contributed by atoms with Gasteiger partial charge in [-0.25, -0.2) is 0 Å². The van der Waals surface area contributed by atoms with Crippen molar-refractivity contribution < 1.29 is 9.53 Å². The maximum Gasteiger partial charge on any atom is 0.192 e. The van der Waals surface area contributed by atoms with Crippen LogP contribution >= 0.6 is 23.4 Å². The Kier molecular flexibility index (Phi) is 4.99. The first-order valence-electron chi connectivity index (χ1n) is 8.73. The molecule has 5 nitrogen and oxygen atoms in total. The van der Waals surface area contributed by atoms with Crippen molar-refractivity contribution in [3.8, 4) is 5.75 Å². The van der Waals surface area contributed by atoms with Gasteiger partial charge in [0.2, 0.25) is 0 Å². The van der Waals surface area contributed by atoms with Crippen LogP contribution in [0.4, 0.5) is 0 Å². The highest BCUT2D eigenvalue weighted by molar-refractivity contribution is 8.00. The molecule has 0 aliphatic heterocycles. The van der Waals surface area contributed by atoms with Crippen molar-refractivity contribution in [2.75, 3.05) is 0 Å². The number of hydrogen-bond acceptors (Lipinski definition) is 5. The summed E-state index contributed by atoms with van der Waals surface area (Å²) >= 11 is 7.72. The molecule has 2 fully saturated rings. The average molecular weight is 378 g/mol. The van der Waals surface area contributed by atoms with Crippen molar-refractivity contribution >= 4 is 29.1 Å². The molecule has 2 aliphatic carbocycles. The molecular formula is C18H20ClN3O2S. The molecule has 1 atom stereocenters. The predicted octanol–water partition coefficient (Wildman–Crippen LogP) is 4.45. The molecule has 132 valence electrons. The Morgan fingerprint density at radius 1 is 1.20 bits per heavy atom. The zero-order valence-corrected chi connectivity index (χ0v) is 15.4. The van der Waals surface area contributed by atoms with E-state index in [2.05, 4.69) is 14.8 Å². The number of benzene rings is 1. The van der Waals surface area contributed by atoms with Crippen molar-refractivity contribution in [1.29, 1.82) is 0 Å². The Bertz CT molecular complexity index is 775. The molecule has 0 radical (unpaired) electrons. The molecule has 25 heavy (non-hydrogen) atoms. The van der Waals surface area contributed by atoms with Crippen LogP contribution in [0, 0.1) is 0 Å². The van der Waals surface area contributed by atoms with Crippen molar-refractivity contribution in [2.45, 2.75) is 61.6 Å². The minimum atomic E-state index is 0.0211. The summed E-state index contributed by atoms with van der Waals surface area (Å²) in [6, 6.07) is 7.84. The number of ketones is 1. The van der Waals surface area contributed by atoms with Gasteiger partial charge in [0.15, 0.2) is 11.0 Å². The molecule has 1 aromatic heterocycles. The van der Waals surface area contributed by atoms with Gasteiger partial charge >= 0.3 is 0 Å². The number of carbonyl (C=O) groups excluding carboxylic acids is 1. The number of rotatable bonds is 6. The summed E-state index contributed by atoms with van der Waals surface area (Å²) in [7, 11) is 0. The van der Waals surface area contributed by atoms with E-state index < -0.39 is 0 Å². The molecule has 4 rings (SSSR count). The number of Topliss-reactive ketones (excluding diaryl/α,β-unsaturated/α-hetero) is 1. The normalized spacial score (nSPS) is 20.7. The molecule has 1 heterocycles. The van der Waals surface area contributed by atoms with Gasteiger partial charge in [-0.1, -0.05) is 41.9 Å². The molecule has 7 heteroatoms. The van der Waals surface area contributed by atoms with Gasteiger partial charge in [0, 0.05) is 12.5 Å². The van der Waals surface area contributed by atoms with Crippen LogP contribution < -0.4 is 4.74 Å². The van der Waals surface area contributed by atoms with Gasteiger partial charge in [-0.3, -0.25) is 9.36 Å². The van der Waals surface area contributed by atoms with Crippen molar-refractivity contribution in [3.05, 3.63) is 35.1 Å². The molecule has 2 aromatic rings. The number of aromatic nitrogens is 3. The van der Waals surface area contributed by atoms with Crippen LogP contribution in [0.2, 0.25) is 5.02 Å². The van der Waals surface area contributed by atoms with E-state index in [1.54, 1.807) is 17.8 Å². The van der Waals surface area contributed by atoms with Gasteiger partial charge in [-0.15, -0.1) is 10.2 Å². The maximum absolute atomic E-state index is 12.1. The predicted molar refractivity (Wildman–Crippen MR) is 97.2 cm³/mol. The lowest BCUT2D eigenvalue weighted by Gasteiger charge is -2.19. The van der Waals surface area contributed by atoms with Crippen LogP contribution in [-0.4, -0.2) is 25.8 Å². The highest BCUT2D eigenvalue weighted by atomic mass is 35.5. The number of para-hydroxylation sites is 1. The van der Waals surface area contributed by atoms with Crippen LogP contribution in [-0.2, 0) is 11.4 Å². The molecule has 0 N–H and O–H groups in total. The third-order valence-corrected chi connectivity index (χ3v) is 6.17. The Morgan fingerprint density at radius 3 is 2.80 bits per heavy atom. The molecule has 2 saturated carbocycles. The van der Waals surface area contributed by atoms with E-state index in [1.165, 1.54) is 0 Å². The summed E-state index contributed by atoms with van der Waals surface area (Å²) in [4.78, 5) is 12.1. The van der Waals surface area contributed by atoms with Gasteiger partial charge in [-0.05, 0) is 37.8 Å². The topological polar surface area (TPSA) is 57.0 Å². The van der Waals surface area contributed by atoms with E-state index in [4.69, 9.17) is 16.3 Å². The lowest BCUT2D eigenvalue weighted by molar-refractivity contribution is -0.119. The second kappa shape index (κ2) is 7.38. The summed E-state index contributed by atoms with van der Waals surface area (Å²) in [5, 5.41) is 10.1. The van der Waals surface area contributed by atoms with Gasteiger partial charge in [-0.2, -0.15) is 0 Å². The summed E-state index contributed by atoms with van der Waals surface area (Å²) in [6.07, 6.45) is 6.02. The van der Waals surface area contributed by atoms with Crippen molar-refractivity contribution in [3.63, 3.8) is 0 Å². The molecule has 1 aromatic carbocycles. The first kappa shape index (κ1) is 16.9. The number of hydrogen-bond donors (Lipinski definition) is 0. The molecular weight excluding hydrogens is 358 g/mol. The summed E-state index contributed by atoms with van der Waals surface area (Å²) in [6.45, 7) is 0.326. The second-order valence-corrected chi connectivity index (χ2v) is 8.11. The minimum absolute atomic E-state index is 0.0211. The van der Waals surface area contributed by atoms with Crippen molar-refractivity contribution in [2.24, 2.45) is 0 Å². The Balaban J connectivity index is 1.50. The van der Waals surface area contributed by atoms with Gasteiger partial charge in [0.05, 0.1) is 10.3 Å². The second-order valence-electron chi connectivity index (χ2n) is 6.54. The lowest BCUT2D eigenvalue weighted by Crippen LogP contribution is -2.22. The summed E-state index contributed by atoms with van der Waals surface area (Å²) in [5.74, 6) is 1.79. The van der Waals surface area contributed by atoms with Gasteiger partial charge < -0.3 is 4.74 Å². The fourth-order valence-electron chi connectivity index (χ4n) is 3.09. The number of carbonyl (C=O) groups is 1. The van der Waals surface area contributed by atoms with E-state index in [0.29, 0.717) is 35.6 Å². The first-order chi connectivity index (χ1) is 12.2. The Hall–Kier alpha value is -1.53. The van der Waals surface area contributed by atoms with Crippen LogP contribution in [0.1, 0.15) is 50.4 Å². The van der Waals surface area contributed by atoms with E-state index in [-0.39, 0.29) is 5.25 Å². The SMILES string of the molecule is O=C1CCCC[C@@H]1Sc1nnc(COc2ccccc2Cl)n1C1CC1. The standard InChI is InChI=1S/C18H20ClN3O2S/c19-13-5-1-3-7-15(13)24-11-17-20-21-18(22(17)12-9-10-12)25-16-8-4-2-6-14(16)23/h1,3,5,7,12,16H,2,4,6,8-11H2/t16-/m0/s1. The quantitative estimate of drug-likeness (QED) is 0.744. The molecule has 0 unspecified atom stereocenters. The molecule has 0 amide bonds. The highest BCUT2D eigenvalue weighted by Crippen LogP contribution is 2.41. The van der Waals surface area contributed by atoms with E-state index in [9.17, 15) is 4.79 Å². The number of halogens is 1. The first-order valence-corrected chi connectivity index (χ1v) is 9.98. The van der Waals surface area contributed by atoms with Crippen LogP contribution in [0.15, 0.2) is 29.4 Å².